The van der Waals surface area contributed by atoms with E-state index < -0.39 is 15.9 Å². The highest BCUT2D eigenvalue weighted by Crippen LogP contribution is 2.21. The van der Waals surface area contributed by atoms with Crippen molar-refractivity contribution < 1.29 is 21.5 Å². The highest BCUT2D eigenvalue weighted by molar-refractivity contribution is 7.86. The lowest BCUT2D eigenvalue weighted by Gasteiger charge is -2.07. The molecule has 0 saturated carbocycles. The average Bonchev–Trinajstić information content (AvgIpc) is 2.96. The van der Waals surface area contributed by atoms with E-state index >= 15 is 0 Å². The van der Waals surface area contributed by atoms with Crippen LogP contribution in [0, 0.1) is 12.7 Å². The van der Waals surface area contributed by atoms with Crippen LogP contribution in [0.1, 0.15) is 11.5 Å². The first-order chi connectivity index (χ1) is 11.4. The summed E-state index contributed by atoms with van der Waals surface area (Å²) in [5.74, 6) is 0.241. The van der Waals surface area contributed by atoms with Crippen molar-refractivity contribution in [2.45, 2.75) is 12.7 Å². The minimum Gasteiger partial charge on any atom is -0.382 e. The molecule has 0 bridgehead atoms. The van der Waals surface area contributed by atoms with Gasteiger partial charge in [0.15, 0.2) is 0 Å². The molecule has 0 fully saturated rings. The molecule has 0 amide bonds. The predicted molar refractivity (Wildman–Crippen MR) is 84.1 cm³/mol. The molecule has 0 unspecified atom stereocenters. The van der Waals surface area contributed by atoms with Crippen LogP contribution in [0.5, 0.6) is 5.75 Å². The van der Waals surface area contributed by atoms with Crippen LogP contribution in [0.15, 0.2) is 53.1 Å². The smallest absolute Gasteiger partial charge is 0.313 e. The first-order valence-electron chi connectivity index (χ1n) is 6.99. The third kappa shape index (κ3) is 3.96. The molecular formula is C16H13FN2O4S. The van der Waals surface area contributed by atoms with Gasteiger partial charge in [0.25, 0.3) is 0 Å². The summed E-state index contributed by atoms with van der Waals surface area (Å²) in [5.41, 5.74) is 1.12. The summed E-state index contributed by atoms with van der Waals surface area (Å²) < 4.78 is 46.9. The van der Waals surface area contributed by atoms with Crippen molar-refractivity contribution in [2.75, 3.05) is 0 Å². The van der Waals surface area contributed by atoms with E-state index in [2.05, 4.69) is 10.1 Å². The SMILES string of the molecule is Cc1nc(-c2ccc(OS(=O)(=O)Cc3ccc(F)cc3)cc2)no1. The zero-order valence-corrected chi connectivity index (χ0v) is 13.5. The Labute approximate surface area is 138 Å². The van der Waals surface area contributed by atoms with E-state index in [9.17, 15) is 12.8 Å². The molecule has 3 rings (SSSR count). The van der Waals surface area contributed by atoms with Crippen molar-refractivity contribution in [3.63, 3.8) is 0 Å². The van der Waals surface area contributed by atoms with Gasteiger partial charge in [0.2, 0.25) is 11.7 Å². The second kappa shape index (κ2) is 6.40. The Kier molecular flexibility index (Phi) is 4.30. The fourth-order valence-corrected chi connectivity index (χ4v) is 3.10. The first kappa shape index (κ1) is 16.1. The fourth-order valence-electron chi connectivity index (χ4n) is 2.04. The molecule has 0 N–H and O–H groups in total. The highest BCUT2D eigenvalue weighted by atomic mass is 32.2. The number of benzene rings is 2. The second-order valence-electron chi connectivity index (χ2n) is 5.07. The summed E-state index contributed by atoms with van der Waals surface area (Å²) in [6, 6.07) is 11.5. The number of aromatic nitrogens is 2. The zero-order chi connectivity index (χ0) is 17.2. The Hall–Kier alpha value is -2.74. The third-order valence-electron chi connectivity index (χ3n) is 3.12. The van der Waals surface area contributed by atoms with Crippen molar-refractivity contribution in [2.24, 2.45) is 0 Å². The molecular weight excluding hydrogens is 335 g/mol. The molecule has 24 heavy (non-hydrogen) atoms. The molecule has 6 nitrogen and oxygen atoms in total. The van der Waals surface area contributed by atoms with Gasteiger partial charge >= 0.3 is 10.1 Å². The number of hydrogen-bond donors (Lipinski definition) is 0. The molecule has 1 heterocycles. The van der Waals surface area contributed by atoms with Gasteiger partial charge in [0.05, 0.1) is 0 Å². The van der Waals surface area contributed by atoms with Gasteiger partial charge in [-0.1, -0.05) is 17.3 Å². The average molecular weight is 348 g/mol. The zero-order valence-electron chi connectivity index (χ0n) is 12.6. The Bertz CT molecular complexity index is 935. The van der Waals surface area contributed by atoms with Crippen LogP contribution < -0.4 is 4.18 Å². The topological polar surface area (TPSA) is 82.3 Å². The largest absolute Gasteiger partial charge is 0.382 e. The first-order valence-corrected chi connectivity index (χ1v) is 8.56. The summed E-state index contributed by atoms with van der Waals surface area (Å²) in [4.78, 5) is 4.08. The fraction of sp³-hybridized carbons (Fsp3) is 0.125. The Balaban J connectivity index is 1.71. The van der Waals surface area contributed by atoms with E-state index in [0.29, 0.717) is 22.8 Å². The van der Waals surface area contributed by atoms with Gasteiger partial charge in [0, 0.05) is 12.5 Å². The van der Waals surface area contributed by atoms with Gasteiger partial charge in [-0.05, 0) is 42.0 Å². The molecule has 0 atom stereocenters. The van der Waals surface area contributed by atoms with E-state index in [1.54, 1.807) is 19.1 Å². The molecule has 0 saturated heterocycles. The lowest BCUT2D eigenvalue weighted by atomic mass is 10.2. The van der Waals surface area contributed by atoms with Crippen LogP contribution in [0.2, 0.25) is 0 Å². The maximum Gasteiger partial charge on any atom is 0.313 e. The van der Waals surface area contributed by atoms with E-state index in [4.69, 9.17) is 8.71 Å². The quantitative estimate of drug-likeness (QED) is 0.659. The van der Waals surface area contributed by atoms with Gasteiger partial charge in [-0.25, -0.2) is 4.39 Å². The molecule has 124 valence electrons. The van der Waals surface area contributed by atoms with Crippen LogP contribution >= 0.6 is 0 Å². The second-order valence-corrected chi connectivity index (χ2v) is 6.64. The van der Waals surface area contributed by atoms with E-state index in [1.165, 1.54) is 36.4 Å². The minimum atomic E-state index is -3.85. The van der Waals surface area contributed by atoms with Crippen molar-refractivity contribution in [1.29, 1.82) is 0 Å². The van der Waals surface area contributed by atoms with Gasteiger partial charge in [-0.2, -0.15) is 13.4 Å². The number of hydrogen-bond acceptors (Lipinski definition) is 6. The van der Waals surface area contributed by atoms with Crippen LogP contribution in [0.3, 0.4) is 0 Å². The maximum atomic E-state index is 12.8. The Morgan fingerprint density at radius 2 is 1.75 bits per heavy atom. The van der Waals surface area contributed by atoms with Gasteiger partial charge in [-0.15, -0.1) is 0 Å². The number of halogens is 1. The monoisotopic (exact) mass is 348 g/mol. The molecule has 0 aliphatic heterocycles. The maximum absolute atomic E-state index is 12.8. The van der Waals surface area contributed by atoms with Crippen molar-refractivity contribution in [1.82, 2.24) is 10.1 Å². The van der Waals surface area contributed by atoms with E-state index in [-0.39, 0.29) is 11.5 Å². The van der Waals surface area contributed by atoms with Crippen molar-refractivity contribution >= 4 is 10.1 Å². The minimum absolute atomic E-state index is 0.168. The standard InChI is InChI=1S/C16H13FN2O4S/c1-11-18-16(19-22-11)13-4-8-15(9-5-13)23-24(20,21)10-12-2-6-14(17)7-3-12/h2-9H,10H2,1H3. The van der Waals surface area contributed by atoms with Crippen LogP contribution in [0.25, 0.3) is 11.4 Å². The Morgan fingerprint density at radius 3 is 2.33 bits per heavy atom. The van der Waals surface area contributed by atoms with Gasteiger partial charge in [0.1, 0.15) is 17.3 Å². The molecule has 0 radical (unpaired) electrons. The molecule has 0 aliphatic carbocycles. The normalized spacial score (nSPS) is 11.4. The van der Waals surface area contributed by atoms with Crippen molar-refractivity contribution in [3.05, 3.63) is 65.8 Å². The summed E-state index contributed by atoms with van der Waals surface area (Å²) in [5, 5.41) is 3.78. The summed E-state index contributed by atoms with van der Waals surface area (Å²) in [7, 11) is -3.85. The Morgan fingerprint density at radius 1 is 1.08 bits per heavy atom. The molecule has 8 heteroatoms. The molecule has 1 aromatic heterocycles. The van der Waals surface area contributed by atoms with Gasteiger partial charge < -0.3 is 8.71 Å². The third-order valence-corrected chi connectivity index (χ3v) is 4.25. The van der Waals surface area contributed by atoms with Gasteiger partial charge in [-0.3, -0.25) is 0 Å². The summed E-state index contributed by atoms with van der Waals surface area (Å²) in [6.07, 6.45) is 0. The summed E-state index contributed by atoms with van der Waals surface area (Å²) in [6.45, 7) is 1.68. The van der Waals surface area contributed by atoms with E-state index in [0.717, 1.165) is 0 Å². The van der Waals surface area contributed by atoms with Crippen LogP contribution in [0.4, 0.5) is 4.39 Å². The summed E-state index contributed by atoms with van der Waals surface area (Å²) >= 11 is 0. The molecule has 2 aromatic carbocycles. The van der Waals surface area contributed by atoms with Crippen LogP contribution in [-0.4, -0.2) is 18.6 Å². The van der Waals surface area contributed by atoms with E-state index in [1.807, 2.05) is 0 Å². The number of rotatable bonds is 5. The van der Waals surface area contributed by atoms with Crippen molar-refractivity contribution in [3.8, 4) is 17.1 Å². The molecule has 0 spiro atoms. The lowest BCUT2D eigenvalue weighted by Crippen LogP contribution is -2.12. The predicted octanol–water partition coefficient (Wildman–Crippen LogP) is 3.09. The number of aryl methyl sites for hydroxylation is 1. The highest BCUT2D eigenvalue weighted by Gasteiger charge is 2.15. The molecule has 3 aromatic rings. The number of nitrogens with zero attached hydrogens (tertiary/aromatic N) is 2. The lowest BCUT2D eigenvalue weighted by molar-refractivity contribution is 0.394. The molecule has 0 aliphatic rings. The van der Waals surface area contributed by atoms with Crippen LogP contribution in [-0.2, 0) is 15.9 Å².